The molecule has 4 aliphatic heterocycles. The summed E-state index contributed by atoms with van der Waals surface area (Å²) in [5.41, 5.74) is -0.903. The van der Waals surface area contributed by atoms with Crippen LogP contribution in [-0.4, -0.2) is 89.3 Å². The molecule has 4 heterocycles. The Bertz CT molecular complexity index is 1440. The average molecular weight is 586 g/mol. The van der Waals surface area contributed by atoms with Crippen molar-refractivity contribution in [2.45, 2.75) is 50.0 Å². The minimum absolute atomic E-state index is 0.147. The number of methoxy groups -OCH3 is 1. The van der Waals surface area contributed by atoms with E-state index in [9.17, 15) is 19.5 Å². The molecule has 2 saturated heterocycles. The van der Waals surface area contributed by atoms with Gasteiger partial charge in [0.2, 0.25) is 11.8 Å². The highest BCUT2D eigenvalue weighted by atomic mass is 16.5. The first-order valence-corrected chi connectivity index (χ1v) is 15.0. The molecule has 9 heteroatoms. The topological polar surface area (TPSA) is 99.6 Å². The Morgan fingerprint density at radius 1 is 0.953 bits per heavy atom. The van der Waals surface area contributed by atoms with Crippen molar-refractivity contribution in [3.05, 3.63) is 84.5 Å². The highest BCUT2D eigenvalue weighted by Gasteiger charge is 2.75. The van der Waals surface area contributed by atoms with Crippen molar-refractivity contribution in [2.75, 3.05) is 38.3 Å². The summed E-state index contributed by atoms with van der Waals surface area (Å²) in [6, 6.07) is 15.0. The lowest BCUT2D eigenvalue weighted by Crippen LogP contribution is -2.59. The molecular formula is C34H39N3O6. The van der Waals surface area contributed by atoms with Gasteiger partial charge in [0.05, 0.1) is 37.2 Å². The Labute approximate surface area is 252 Å². The smallest absolute Gasteiger partial charge is 0.253 e. The van der Waals surface area contributed by atoms with Crippen LogP contribution in [0.15, 0.2) is 78.9 Å². The van der Waals surface area contributed by atoms with Crippen LogP contribution in [0.25, 0.3) is 0 Å². The number of amides is 3. The van der Waals surface area contributed by atoms with Crippen LogP contribution in [0, 0.1) is 11.8 Å². The number of rotatable bonds is 8. The number of likely N-dealkylation sites (tertiary alicyclic amines) is 1. The van der Waals surface area contributed by atoms with Crippen molar-refractivity contribution in [1.29, 1.82) is 0 Å². The number of hydrogen-bond donors (Lipinski definition) is 1. The Kier molecular flexibility index (Phi) is 7.64. The molecule has 1 N–H and O–H groups in total. The number of aliphatic hydroxyl groups is 1. The van der Waals surface area contributed by atoms with Crippen molar-refractivity contribution < 1.29 is 29.0 Å². The number of aliphatic hydroxyl groups excluding tert-OH is 1. The van der Waals surface area contributed by atoms with Gasteiger partial charge in [0.15, 0.2) is 0 Å². The summed E-state index contributed by atoms with van der Waals surface area (Å²) in [6.07, 6.45) is 8.65. The monoisotopic (exact) mass is 585 g/mol. The SMILES string of the molecule is CCCN1CC=C[C@]2(C)O[C@]34C=CCN(c5ccc(OC)cc5)C(=O)C3N([C@@H](CO)Cc3ccccc3)C(=O)[C@@H]4[C@@H]2C1=O. The summed E-state index contributed by atoms with van der Waals surface area (Å²) in [5, 5.41) is 10.7. The van der Waals surface area contributed by atoms with Crippen molar-refractivity contribution in [2.24, 2.45) is 11.8 Å². The van der Waals surface area contributed by atoms with Crippen LogP contribution in [0.5, 0.6) is 5.75 Å². The molecule has 3 amide bonds. The molecule has 1 spiro atoms. The molecule has 0 saturated carbocycles. The molecular weight excluding hydrogens is 546 g/mol. The highest BCUT2D eigenvalue weighted by molar-refractivity contribution is 6.06. The first-order valence-electron chi connectivity index (χ1n) is 15.0. The van der Waals surface area contributed by atoms with E-state index < -0.39 is 35.1 Å². The second kappa shape index (κ2) is 11.3. The van der Waals surface area contributed by atoms with Gasteiger partial charge in [-0.1, -0.05) is 61.6 Å². The lowest BCUT2D eigenvalue weighted by atomic mass is 9.74. The summed E-state index contributed by atoms with van der Waals surface area (Å²) in [5.74, 6) is -1.90. The minimum Gasteiger partial charge on any atom is -0.497 e. The molecule has 2 fully saturated rings. The predicted octanol–water partition coefficient (Wildman–Crippen LogP) is 2.98. The maximum absolute atomic E-state index is 14.8. The lowest BCUT2D eigenvalue weighted by molar-refractivity contribution is -0.151. The van der Waals surface area contributed by atoms with Gasteiger partial charge in [-0.25, -0.2) is 0 Å². The Morgan fingerprint density at radius 2 is 1.67 bits per heavy atom. The Hall–Kier alpha value is -3.95. The van der Waals surface area contributed by atoms with Gasteiger partial charge < -0.3 is 29.3 Å². The van der Waals surface area contributed by atoms with Gasteiger partial charge in [0, 0.05) is 25.3 Å². The van der Waals surface area contributed by atoms with Crippen molar-refractivity contribution >= 4 is 23.4 Å². The van der Waals surface area contributed by atoms with E-state index in [0.29, 0.717) is 30.9 Å². The van der Waals surface area contributed by atoms with Gasteiger partial charge in [0.1, 0.15) is 17.4 Å². The molecule has 43 heavy (non-hydrogen) atoms. The van der Waals surface area contributed by atoms with Gasteiger partial charge in [0.25, 0.3) is 5.91 Å². The molecule has 0 bridgehead atoms. The maximum atomic E-state index is 14.8. The van der Waals surface area contributed by atoms with Gasteiger partial charge >= 0.3 is 0 Å². The van der Waals surface area contributed by atoms with Crippen molar-refractivity contribution in [3.8, 4) is 5.75 Å². The van der Waals surface area contributed by atoms with E-state index in [1.54, 1.807) is 29.0 Å². The number of hydrogen-bond acceptors (Lipinski definition) is 6. The van der Waals surface area contributed by atoms with Gasteiger partial charge in [-0.05, 0) is 49.6 Å². The Balaban J connectivity index is 1.48. The molecule has 4 aliphatic rings. The van der Waals surface area contributed by atoms with Gasteiger partial charge in [-0.2, -0.15) is 0 Å². The molecule has 9 nitrogen and oxygen atoms in total. The molecule has 1 unspecified atom stereocenters. The summed E-state index contributed by atoms with van der Waals surface area (Å²) in [6.45, 7) is 4.78. The fourth-order valence-electron chi connectivity index (χ4n) is 7.51. The second-order valence-electron chi connectivity index (χ2n) is 12.0. The van der Waals surface area contributed by atoms with Crippen LogP contribution in [-0.2, 0) is 25.5 Å². The van der Waals surface area contributed by atoms with Gasteiger partial charge in [-0.3, -0.25) is 14.4 Å². The number of carbonyl (C=O) groups excluding carboxylic acids is 3. The quantitative estimate of drug-likeness (QED) is 0.479. The molecule has 2 aromatic carbocycles. The molecule has 226 valence electrons. The van der Waals surface area contributed by atoms with Crippen LogP contribution in [0.4, 0.5) is 5.69 Å². The lowest BCUT2D eigenvalue weighted by Gasteiger charge is -2.40. The molecule has 0 aromatic heterocycles. The number of ether oxygens (including phenoxy) is 2. The maximum Gasteiger partial charge on any atom is 0.253 e. The zero-order valence-corrected chi connectivity index (χ0v) is 24.9. The molecule has 0 radical (unpaired) electrons. The molecule has 2 aromatic rings. The largest absolute Gasteiger partial charge is 0.497 e. The number of carbonyl (C=O) groups is 3. The first-order chi connectivity index (χ1) is 20.8. The van der Waals surface area contributed by atoms with Crippen LogP contribution in [0.2, 0.25) is 0 Å². The highest BCUT2D eigenvalue weighted by Crippen LogP contribution is 2.58. The van der Waals surface area contributed by atoms with Crippen molar-refractivity contribution in [1.82, 2.24) is 9.80 Å². The summed E-state index contributed by atoms with van der Waals surface area (Å²) >= 11 is 0. The number of benzene rings is 2. The molecule has 6 rings (SSSR count). The first kappa shape index (κ1) is 29.1. The van der Waals surface area contributed by atoms with Crippen LogP contribution in [0.3, 0.4) is 0 Å². The minimum atomic E-state index is -1.39. The normalized spacial score (nSPS) is 30.6. The summed E-state index contributed by atoms with van der Waals surface area (Å²) in [7, 11) is 1.58. The second-order valence-corrected chi connectivity index (χ2v) is 12.0. The van der Waals surface area contributed by atoms with Crippen LogP contribution >= 0.6 is 0 Å². The number of anilines is 1. The molecule has 0 aliphatic carbocycles. The fourth-order valence-corrected chi connectivity index (χ4v) is 7.51. The zero-order chi connectivity index (χ0) is 30.4. The van der Waals surface area contributed by atoms with Crippen molar-refractivity contribution in [3.63, 3.8) is 0 Å². The van der Waals surface area contributed by atoms with Crippen LogP contribution < -0.4 is 9.64 Å². The third-order valence-corrected chi connectivity index (χ3v) is 9.37. The van der Waals surface area contributed by atoms with E-state index in [2.05, 4.69) is 0 Å². The fraction of sp³-hybridized carbons (Fsp3) is 0.441. The van der Waals surface area contributed by atoms with E-state index in [0.717, 1.165) is 12.0 Å². The van der Waals surface area contributed by atoms with E-state index in [4.69, 9.17) is 9.47 Å². The van der Waals surface area contributed by atoms with E-state index in [1.165, 1.54) is 4.90 Å². The molecule has 6 atom stereocenters. The van der Waals surface area contributed by atoms with E-state index in [-0.39, 0.29) is 30.9 Å². The standard InChI is InChI=1S/C34H39N3O6/c1-4-18-35-19-8-16-33(2)27(30(35)39)28-31(40)37(25(22-38)21-23-10-6-5-7-11-23)29-32(41)36(20-9-17-34(28,29)43-33)24-12-14-26(42-3)15-13-24/h5-17,25,27-29,38H,4,18-22H2,1-3H3/t25-,27-,28+,29?,33+,34+/m1/s1. The average Bonchev–Trinajstić information content (AvgIpc) is 3.29. The van der Waals surface area contributed by atoms with E-state index in [1.807, 2.05) is 80.6 Å². The van der Waals surface area contributed by atoms with Gasteiger partial charge in [-0.15, -0.1) is 0 Å². The van der Waals surface area contributed by atoms with E-state index >= 15 is 0 Å². The summed E-state index contributed by atoms with van der Waals surface area (Å²) in [4.78, 5) is 48.6. The summed E-state index contributed by atoms with van der Waals surface area (Å²) < 4.78 is 12.2. The number of fused-ring (bicyclic) bond motifs is 2. The van der Waals surface area contributed by atoms with Crippen LogP contribution in [0.1, 0.15) is 25.8 Å². The number of nitrogens with zero attached hydrogens (tertiary/aromatic N) is 3. The Morgan fingerprint density at radius 3 is 2.35 bits per heavy atom. The third-order valence-electron chi connectivity index (χ3n) is 9.37. The zero-order valence-electron chi connectivity index (χ0n) is 24.9. The predicted molar refractivity (Wildman–Crippen MR) is 161 cm³/mol. The third kappa shape index (κ3) is 4.66.